The number of rotatable bonds is 2. The van der Waals surface area contributed by atoms with Crippen molar-refractivity contribution in [1.82, 2.24) is 4.90 Å². The lowest BCUT2D eigenvalue weighted by molar-refractivity contribution is -0.177. The van der Waals surface area contributed by atoms with E-state index in [1.165, 1.54) is 68.3 Å². The zero-order valence-corrected chi connectivity index (χ0v) is 15.4. The SMILES string of the molecule is C(=C\c1ccc2c(c1)CC1CCCN3CCCCC13O2)/c1ccccc1. The van der Waals surface area contributed by atoms with E-state index in [2.05, 4.69) is 65.6 Å². The van der Waals surface area contributed by atoms with Gasteiger partial charge in [-0.25, -0.2) is 0 Å². The van der Waals surface area contributed by atoms with Gasteiger partial charge in [0.1, 0.15) is 5.75 Å². The van der Waals surface area contributed by atoms with Crippen molar-refractivity contribution in [3.05, 3.63) is 65.2 Å². The molecule has 26 heavy (non-hydrogen) atoms. The summed E-state index contributed by atoms with van der Waals surface area (Å²) in [4.78, 5) is 2.65. The molecule has 3 aliphatic rings. The number of hydrogen-bond acceptors (Lipinski definition) is 2. The third-order valence-electron chi connectivity index (χ3n) is 6.47. The molecule has 1 spiro atoms. The molecule has 0 saturated carbocycles. The molecule has 2 fully saturated rings. The lowest BCUT2D eigenvalue weighted by atomic mass is 9.75. The van der Waals surface area contributed by atoms with E-state index >= 15 is 0 Å². The lowest BCUT2D eigenvalue weighted by Crippen LogP contribution is -2.64. The first kappa shape index (κ1) is 16.1. The quantitative estimate of drug-likeness (QED) is 0.677. The van der Waals surface area contributed by atoms with Gasteiger partial charge in [0.25, 0.3) is 0 Å². The average molecular weight is 345 g/mol. The molecule has 0 aromatic heterocycles. The van der Waals surface area contributed by atoms with Crippen LogP contribution in [0.2, 0.25) is 0 Å². The Balaban J connectivity index is 1.43. The van der Waals surface area contributed by atoms with Gasteiger partial charge in [0, 0.05) is 25.4 Å². The van der Waals surface area contributed by atoms with Crippen molar-refractivity contribution in [2.45, 2.75) is 44.2 Å². The summed E-state index contributed by atoms with van der Waals surface area (Å²) in [7, 11) is 0. The summed E-state index contributed by atoms with van der Waals surface area (Å²) in [5, 5.41) is 0. The number of piperidine rings is 2. The van der Waals surface area contributed by atoms with Crippen molar-refractivity contribution in [2.75, 3.05) is 13.1 Å². The van der Waals surface area contributed by atoms with Gasteiger partial charge in [-0.05, 0) is 60.9 Å². The molecular weight excluding hydrogens is 318 g/mol. The largest absolute Gasteiger partial charge is 0.472 e. The molecule has 0 N–H and O–H groups in total. The average Bonchev–Trinajstić information content (AvgIpc) is 2.70. The monoisotopic (exact) mass is 345 g/mol. The van der Waals surface area contributed by atoms with E-state index in [4.69, 9.17) is 4.74 Å². The van der Waals surface area contributed by atoms with E-state index in [0.717, 1.165) is 5.75 Å². The van der Waals surface area contributed by atoms with Crippen LogP contribution in [0.4, 0.5) is 0 Å². The first-order valence-corrected chi connectivity index (χ1v) is 10.1. The highest BCUT2D eigenvalue weighted by molar-refractivity contribution is 5.70. The second-order valence-electron chi connectivity index (χ2n) is 8.05. The van der Waals surface area contributed by atoms with Gasteiger partial charge >= 0.3 is 0 Å². The smallest absolute Gasteiger partial charge is 0.166 e. The summed E-state index contributed by atoms with van der Waals surface area (Å²) in [5.41, 5.74) is 3.89. The van der Waals surface area contributed by atoms with Gasteiger partial charge in [-0.15, -0.1) is 0 Å². The Kier molecular flexibility index (Phi) is 4.09. The molecule has 2 atom stereocenters. The Labute approximate surface area is 156 Å². The van der Waals surface area contributed by atoms with Crippen molar-refractivity contribution in [3.8, 4) is 5.75 Å². The third kappa shape index (κ3) is 2.77. The van der Waals surface area contributed by atoms with Gasteiger partial charge in [-0.2, -0.15) is 0 Å². The van der Waals surface area contributed by atoms with Crippen LogP contribution in [0, 0.1) is 5.92 Å². The molecule has 0 amide bonds. The predicted octanol–water partition coefficient (Wildman–Crippen LogP) is 5.38. The number of benzene rings is 2. The van der Waals surface area contributed by atoms with Gasteiger partial charge in [0.05, 0.1) is 0 Å². The summed E-state index contributed by atoms with van der Waals surface area (Å²) in [5.74, 6) is 1.77. The van der Waals surface area contributed by atoms with Crippen molar-refractivity contribution in [2.24, 2.45) is 5.92 Å². The van der Waals surface area contributed by atoms with Gasteiger partial charge in [0.15, 0.2) is 5.72 Å². The summed E-state index contributed by atoms with van der Waals surface area (Å²) >= 11 is 0. The topological polar surface area (TPSA) is 12.5 Å². The minimum atomic E-state index is -0.00903. The number of ether oxygens (including phenoxy) is 1. The van der Waals surface area contributed by atoms with Crippen molar-refractivity contribution >= 4 is 12.2 Å². The Morgan fingerprint density at radius 2 is 1.77 bits per heavy atom. The van der Waals surface area contributed by atoms with E-state index in [-0.39, 0.29) is 5.72 Å². The highest BCUT2D eigenvalue weighted by Gasteiger charge is 2.51. The fraction of sp³-hybridized carbons (Fsp3) is 0.417. The zero-order valence-electron chi connectivity index (χ0n) is 15.4. The number of hydrogen-bond donors (Lipinski definition) is 0. The van der Waals surface area contributed by atoms with Crippen molar-refractivity contribution < 1.29 is 4.74 Å². The second-order valence-corrected chi connectivity index (χ2v) is 8.05. The fourth-order valence-corrected chi connectivity index (χ4v) is 5.18. The Bertz CT molecular complexity index is 810. The summed E-state index contributed by atoms with van der Waals surface area (Å²) in [6.45, 7) is 2.42. The van der Waals surface area contributed by atoms with Crippen molar-refractivity contribution in [1.29, 1.82) is 0 Å². The molecule has 3 aliphatic heterocycles. The minimum absolute atomic E-state index is 0.00903. The van der Waals surface area contributed by atoms with Crippen molar-refractivity contribution in [3.63, 3.8) is 0 Å². The van der Waals surface area contributed by atoms with E-state index in [0.29, 0.717) is 5.92 Å². The highest BCUT2D eigenvalue weighted by atomic mass is 16.5. The van der Waals surface area contributed by atoms with Crippen LogP contribution in [0.3, 0.4) is 0 Å². The second kappa shape index (κ2) is 6.59. The molecule has 2 heteroatoms. The van der Waals surface area contributed by atoms with Crippen LogP contribution < -0.4 is 4.74 Å². The molecule has 134 valence electrons. The van der Waals surface area contributed by atoms with Crippen LogP contribution in [0.1, 0.15) is 48.8 Å². The highest BCUT2D eigenvalue weighted by Crippen LogP contribution is 2.48. The maximum Gasteiger partial charge on any atom is 0.166 e. The van der Waals surface area contributed by atoms with E-state index < -0.39 is 0 Å². The van der Waals surface area contributed by atoms with Crippen LogP contribution in [-0.2, 0) is 6.42 Å². The Morgan fingerprint density at radius 1 is 0.923 bits per heavy atom. The molecular formula is C24H27NO. The number of nitrogens with zero attached hydrogens (tertiary/aromatic N) is 1. The summed E-state index contributed by atoms with van der Waals surface area (Å²) < 4.78 is 6.75. The van der Waals surface area contributed by atoms with Crippen LogP contribution in [0.15, 0.2) is 48.5 Å². The lowest BCUT2D eigenvalue weighted by Gasteiger charge is -2.56. The maximum atomic E-state index is 6.75. The minimum Gasteiger partial charge on any atom is -0.472 e. The van der Waals surface area contributed by atoms with Gasteiger partial charge in [0.2, 0.25) is 0 Å². The standard InChI is InChI=1S/C24H27NO/c1-2-7-19(8-3-1)10-11-20-12-13-23-21(17-20)18-22-9-6-16-25-15-5-4-14-24(22,25)26-23/h1-3,7-8,10-13,17,22H,4-6,9,14-16,18H2/b11-10+. The first-order valence-electron chi connectivity index (χ1n) is 10.1. The summed E-state index contributed by atoms with van der Waals surface area (Å²) in [6, 6.07) is 17.2. The van der Waals surface area contributed by atoms with Crippen LogP contribution in [0.5, 0.6) is 5.75 Å². The van der Waals surface area contributed by atoms with Crippen LogP contribution >= 0.6 is 0 Å². The molecule has 0 radical (unpaired) electrons. The molecule has 2 unspecified atom stereocenters. The molecule has 0 bridgehead atoms. The molecule has 0 aliphatic carbocycles. The maximum absolute atomic E-state index is 6.75. The number of fused-ring (bicyclic) bond motifs is 1. The molecule has 2 aromatic carbocycles. The van der Waals surface area contributed by atoms with E-state index in [9.17, 15) is 0 Å². The first-order chi connectivity index (χ1) is 12.8. The van der Waals surface area contributed by atoms with Gasteiger partial charge in [-0.3, -0.25) is 4.90 Å². The zero-order chi connectivity index (χ0) is 17.4. The van der Waals surface area contributed by atoms with E-state index in [1.54, 1.807) is 0 Å². The van der Waals surface area contributed by atoms with Gasteiger partial charge < -0.3 is 4.74 Å². The van der Waals surface area contributed by atoms with E-state index in [1.807, 2.05) is 0 Å². The Hall–Kier alpha value is -2.06. The molecule has 2 aromatic rings. The fourth-order valence-electron chi connectivity index (χ4n) is 5.18. The molecule has 5 rings (SSSR count). The molecule has 2 saturated heterocycles. The molecule has 2 nitrogen and oxygen atoms in total. The Morgan fingerprint density at radius 3 is 2.69 bits per heavy atom. The molecule has 3 heterocycles. The predicted molar refractivity (Wildman–Crippen MR) is 107 cm³/mol. The van der Waals surface area contributed by atoms with Crippen LogP contribution in [0.25, 0.3) is 12.2 Å². The third-order valence-corrected chi connectivity index (χ3v) is 6.47. The van der Waals surface area contributed by atoms with Crippen LogP contribution in [-0.4, -0.2) is 23.7 Å². The summed E-state index contributed by atoms with van der Waals surface area (Å²) in [6.07, 6.45) is 12.0. The normalized spacial score (nSPS) is 28.1. The van der Waals surface area contributed by atoms with Gasteiger partial charge in [-0.1, -0.05) is 48.6 Å².